The molecule has 2 aromatic rings. The van der Waals surface area contributed by atoms with Crippen LogP contribution in [0.1, 0.15) is 11.1 Å². The number of thioether (sulfide) groups is 1. The van der Waals surface area contributed by atoms with Crippen molar-refractivity contribution in [1.82, 2.24) is 5.43 Å². The first kappa shape index (κ1) is 19.1. The van der Waals surface area contributed by atoms with Gasteiger partial charge in [0.2, 0.25) is 5.91 Å². The van der Waals surface area contributed by atoms with Crippen LogP contribution in [0.4, 0.5) is 0 Å². The quantitative estimate of drug-likeness (QED) is 0.561. The lowest BCUT2D eigenvalue weighted by Crippen LogP contribution is -2.19. The van der Waals surface area contributed by atoms with E-state index in [1.54, 1.807) is 20.3 Å². The number of nitrogens with one attached hydrogen (secondary N) is 1. The molecule has 25 heavy (non-hydrogen) atoms. The van der Waals surface area contributed by atoms with E-state index in [4.69, 9.17) is 21.1 Å². The van der Waals surface area contributed by atoms with Gasteiger partial charge in [0.05, 0.1) is 26.2 Å². The maximum Gasteiger partial charge on any atom is 0.250 e. The van der Waals surface area contributed by atoms with Crippen molar-refractivity contribution in [1.29, 1.82) is 0 Å². The number of halogens is 1. The van der Waals surface area contributed by atoms with E-state index in [0.717, 1.165) is 16.9 Å². The van der Waals surface area contributed by atoms with Gasteiger partial charge in [-0.25, -0.2) is 5.43 Å². The minimum absolute atomic E-state index is 0.169. The summed E-state index contributed by atoms with van der Waals surface area (Å²) in [6, 6.07) is 13.0. The average Bonchev–Trinajstić information content (AvgIpc) is 2.63. The molecule has 1 N–H and O–H groups in total. The monoisotopic (exact) mass is 378 g/mol. The minimum atomic E-state index is -0.169. The van der Waals surface area contributed by atoms with Crippen molar-refractivity contribution in [2.45, 2.75) is 5.75 Å². The van der Waals surface area contributed by atoms with Crippen molar-refractivity contribution >= 4 is 35.5 Å². The number of para-hydroxylation sites is 1. The molecule has 0 aromatic heterocycles. The van der Waals surface area contributed by atoms with E-state index < -0.39 is 0 Å². The second-order valence-corrected chi connectivity index (χ2v) is 6.42. The SMILES string of the molecule is COc1cccc(C=NNC(=O)CSCc2ccc(Cl)cc2)c1OC. The third-order valence-corrected chi connectivity index (χ3v) is 4.50. The van der Waals surface area contributed by atoms with Gasteiger partial charge in [-0.3, -0.25) is 4.79 Å². The van der Waals surface area contributed by atoms with Crippen molar-refractivity contribution in [3.8, 4) is 11.5 Å². The molecule has 2 rings (SSSR count). The molecule has 0 bridgehead atoms. The normalized spacial score (nSPS) is 10.7. The van der Waals surface area contributed by atoms with Crippen LogP contribution in [-0.4, -0.2) is 32.1 Å². The van der Waals surface area contributed by atoms with Gasteiger partial charge in [0.25, 0.3) is 0 Å². The van der Waals surface area contributed by atoms with Crippen LogP contribution in [0, 0.1) is 0 Å². The lowest BCUT2D eigenvalue weighted by molar-refractivity contribution is -0.118. The van der Waals surface area contributed by atoms with Gasteiger partial charge in [-0.05, 0) is 29.8 Å². The van der Waals surface area contributed by atoms with Crippen LogP contribution in [-0.2, 0) is 10.5 Å². The Bertz CT molecular complexity index is 736. The summed E-state index contributed by atoms with van der Waals surface area (Å²) in [6.07, 6.45) is 1.53. The molecule has 5 nitrogen and oxygen atoms in total. The fraction of sp³-hybridized carbons (Fsp3) is 0.222. The second kappa shape index (κ2) is 9.96. The third-order valence-electron chi connectivity index (χ3n) is 3.24. The van der Waals surface area contributed by atoms with Crippen molar-refractivity contribution in [3.63, 3.8) is 0 Å². The Labute approximate surface area is 156 Å². The number of ether oxygens (including phenoxy) is 2. The highest BCUT2D eigenvalue weighted by Gasteiger charge is 2.07. The van der Waals surface area contributed by atoms with Crippen molar-refractivity contribution < 1.29 is 14.3 Å². The molecular weight excluding hydrogens is 360 g/mol. The second-order valence-electron chi connectivity index (χ2n) is 5.00. The summed E-state index contributed by atoms with van der Waals surface area (Å²) < 4.78 is 10.5. The Hall–Kier alpha value is -2.18. The summed E-state index contributed by atoms with van der Waals surface area (Å²) in [5.74, 6) is 2.06. The van der Waals surface area contributed by atoms with E-state index in [9.17, 15) is 4.79 Å². The molecule has 0 aliphatic carbocycles. The van der Waals surface area contributed by atoms with E-state index in [0.29, 0.717) is 22.3 Å². The number of rotatable bonds is 8. The highest BCUT2D eigenvalue weighted by molar-refractivity contribution is 7.99. The van der Waals surface area contributed by atoms with Gasteiger partial charge in [0, 0.05) is 16.3 Å². The fourth-order valence-corrected chi connectivity index (χ4v) is 2.97. The van der Waals surface area contributed by atoms with Crippen LogP contribution < -0.4 is 14.9 Å². The van der Waals surface area contributed by atoms with E-state index in [1.165, 1.54) is 18.0 Å². The van der Waals surface area contributed by atoms with Crippen molar-refractivity contribution in [3.05, 3.63) is 58.6 Å². The van der Waals surface area contributed by atoms with Gasteiger partial charge in [-0.2, -0.15) is 5.10 Å². The molecule has 0 fully saturated rings. The van der Waals surface area contributed by atoms with Gasteiger partial charge in [0.15, 0.2) is 11.5 Å². The van der Waals surface area contributed by atoms with E-state index in [-0.39, 0.29) is 5.91 Å². The molecule has 7 heteroatoms. The molecule has 0 unspecified atom stereocenters. The molecule has 132 valence electrons. The third kappa shape index (κ3) is 5.99. The first-order chi connectivity index (χ1) is 12.1. The number of hydrazone groups is 1. The number of nitrogens with zero attached hydrogens (tertiary/aromatic N) is 1. The lowest BCUT2D eigenvalue weighted by Gasteiger charge is -2.09. The molecule has 0 spiro atoms. The van der Waals surface area contributed by atoms with Crippen LogP contribution in [0.3, 0.4) is 0 Å². The van der Waals surface area contributed by atoms with E-state index >= 15 is 0 Å². The van der Waals surface area contributed by atoms with Gasteiger partial charge < -0.3 is 9.47 Å². The zero-order valence-corrected chi connectivity index (χ0v) is 15.6. The molecule has 2 aromatic carbocycles. The Morgan fingerprint density at radius 2 is 1.96 bits per heavy atom. The molecule has 0 aliphatic rings. The molecule has 0 heterocycles. The molecule has 0 saturated carbocycles. The van der Waals surface area contributed by atoms with Crippen LogP contribution in [0.25, 0.3) is 0 Å². The summed E-state index contributed by atoms with van der Waals surface area (Å²) in [7, 11) is 3.12. The number of amides is 1. The number of carbonyl (C=O) groups excluding carboxylic acids is 1. The molecule has 0 atom stereocenters. The van der Waals surface area contributed by atoms with E-state index in [1.807, 2.05) is 36.4 Å². The van der Waals surface area contributed by atoms with Gasteiger partial charge >= 0.3 is 0 Å². The van der Waals surface area contributed by atoms with Crippen LogP contribution in [0.15, 0.2) is 47.6 Å². The molecule has 0 saturated heterocycles. The van der Waals surface area contributed by atoms with E-state index in [2.05, 4.69) is 10.5 Å². The predicted octanol–water partition coefficient (Wildman–Crippen LogP) is 3.74. The minimum Gasteiger partial charge on any atom is -0.493 e. The summed E-state index contributed by atoms with van der Waals surface area (Å²) in [5.41, 5.74) is 4.34. The number of carbonyl (C=O) groups is 1. The average molecular weight is 379 g/mol. The maximum absolute atomic E-state index is 11.8. The summed E-state index contributed by atoms with van der Waals surface area (Å²) in [4.78, 5) is 11.8. The van der Waals surface area contributed by atoms with Crippen molar-refractivity contribution in [2.24, 2.45) is 5.10 Å². The fourth-order valence-electron chi connectivity index (χ4n) is 2.06. The topological polar surface area (TPSA) is 59.9 Å². The highest BCUT2D eigenvalue weighted by Crippen LogP contribution is 2.29. The molecule has 0 radical (unpaired) electrons. The number of hydrogen-bond acceptors (Lipinski definition) is 5. The Kier molecular flexibility index (Phi) is 7.63. The standard InChI is InChI=1S/C18H19ClN2O3S/c1-23-16-5-3-4-14(18(16)24-2)10-20-21-17(22)12-25-11-13-6-8-15(19)9-7-13/h3-10H,11-12H2,1-2H3,(H,21,22). The number of benzene rings is 2. The summed E-state index contributed by atoms with van der Waals surface area (Å²) in [6.45, 7) is 0. The largest absolute Gasteiger partial charge is 0.493 e. The summed E-state index contributed by atoms with van der Waals surface area (Å²) >= 11 is 7.35. The zero-order valence-electron chi connectivity index (χ0n) is 14.0. The summed E-state index contributed by atoms with van der Waals surface area (Å²) in [5, 5.41) is 4.67. The van der Waals surface area contributed by atoms with Crippen LogP contribution in [0.5, 0.6) is 11.5 Å². The molecule has 0 aliphatic heterocycles. The first-order valence-corrected chi connectivity index (χ1v) is 9.02. The number of hydrogen-bond donors (Lipinski definition) is 1. The van der Waals surface area contributed by atoms with Gasteiger partial charge in [0.1, 0.15) is 0 Å². The van der Waals surface area contributed by atoms with Crippen LogP contribution in [0.2, 0.25) is 5.02 Å². The maximum atomic E-state index is 11.8. The lowest BCUT2D eigenvalue weighted by atomic mass is 10.2. The van der Waals surface area contributed by atoms with Gasteiger partial charge in [-0.15, -0.1) is 11.8 Å². The number of methoxy groups -OCH3 is 2. The Balaban J connectivity index is 1.81. The van der Waals surface area contributed by atoms with Crippen LogP contribution >= 0.6 is 23.4 Å². The molecular formula is C18H19ClN2O3S. The Morgan fingerprint density at radius 1 is 1.20 bits per heavy atom. The smallest absolute Gasteiger partial charge is 0.250 e. The highest BCUT2D eigenvalue weighted by atomic mass is 35.5. The predicted molar refractivity (Wildman–Crippen MR) is 103 cm³/mol. The first-order valence-electron chi connectivity index (χ1n) is 7.49. The van der Waals surface area contributed by atoms with Gasteiger partial charge in [-0.1, -0.05) is 29.8 Å². The van der Waals surface area contributed by atoms with Crippen molar-refractivity contribution in [2.75, 3.05) is 20.0 Å². The zero-order chi connectivity index (χ0) is 18.1. The molecule has 1 amide bonds. The Morgan fingerprint density at radius 3 is 2.64 bits per heavy atom.